The van der Waals surface area contributed by atoms with Gasteiger partial charge in [0.1, 0.15) is 17.2 Å². The molecular weight excluding hydrogens is 346 g/mol. The van der Waals surface area contributed by atoms with Gasteiger partial charge < -0.3 is 20.1 Å². The van der Waals surface area contributed by atoms with E-state index in [2.05, 4.69) is 20.3 Å². The molecule has 8 heteroatoms. The fourth-order valence-corrected chi connectivity index (χ4v) is 3.64. The van der Waals surface area contributed by atoms with Crippen molar-refractivity contribution in [3.8, 4) is 0 Å². The normalized spacial score (nSPS) is 22.7. The number of anilines is 2. The van der Waals surface area contributed by atoms with Gasteiger partial charge in [-0.05, 0) is 50.8 Å². The Morgan fingerprint density at radius 2 is 2.07 bits per heavy atom. The number of aromatic carboxylic acids is 1. The molecule has 3 N–H and O–H groups in total. The number of aliphatic hydroxyl groups is 1. The van der Waals surface area contributed by atoms with E-state index in [1.807, 2.05) is 19.1 Å². The van der Waals surface area contributed by atoms with Gasteiger partial charge in [-0.25, -0.2) is 14.8 Å². The number of nitrogens with one attached hydrogen (secondary N) is 1. The van der Waals surface area contributed by atoms with Crippen LogP contribution >= 0.6 is 0 Å². The summed E-state index contributed by atoms with van der Waals surface area (Å²) in [6.07, 6.45) is 5.94. The predicted molar refractivity (Wildman–Crippen MR) is 100 cm³/mol. The van der Waals surface area contributed by atoms with E-state index >= 15 is 0 Å². The molecule has 0 aliphatic heterocycles. The molecule has 0 atom stereocenters. The number of hydrogen-bond acceptors (Lipinski definition) is 6. The number of fused-ring (bicyclic) bond motifs is 1. The maximum atomic E-state index is 11.8. The smallest absolute Gasteiger partial charge is 0.352 e. The van der Waals surface area contributed by atoms with Crippen molar-refractivity contribution in [2.45, 2.75) is 44.2 Å². The molecule has 3 heterocycles. The van der Waals surface area contributed by atoms with E-state index in [0.29, 0.717) is 48.5 Å². The van der Waals surface area contributed by atoms with Crippen LogP contribution in [0, 0.1) is 0 Å². The lowest BCUT2D eigenvalue weighted by Gasteiger charge is -2.34. The third-order valence-corrected chi connectivity index (χ3v) is 5.10. The Labute approximate surface area is 155 Å². The van der Waals surface area contributed by atoms with Crippen LogP contribution < -0.4 is 5.32 Å². The van der Waals surface area contributed by atoms with E-state index in [-0.39, 0.29) is 11.7 Å². The molecule has 1 saturated carbocycles. The minimum atomic E-state index is -0.996. The summed E-state index contributed by atoms with van der Waals surface area (Å²) in [5, 5.41) is 23.6. The molecule has 0 bridgehead atoms. The molecule has 0 aromatic carbocycles. The Bertz CT molecular complexity index is 974. The molecule has 3 aromatic rings. The lowest BCUT2D eigenvalue weighted by molar-refractivity contribution is 0.00999. The summed E-state index contributed by atoms with van der Waals surface area (Å²) < 4.78 is 1.78. The van der Waals surface area contributed by atoms with Gasteiger partial charge in [-0.2, -0.15) is 4.98 Å². The monoisotopic (exact) mass is 367 g/mol. The number of rotatable bonds is 4. The van der Waals surface area contributed by atoms with Crippen molar-refractivity contribution in [3.05, 3.63) is 42.4 Å². The second kappa shape index (κ2) is 6.62. The van der Waals surface area contributed by atoms with Gasteiger partial charge in [-0.15, -0.1) is 0 Å². The molecule has 140 valence electrons. The van der Waals surface area contributed by atoms with Crippen molar-refractivity contribution in [3.63, 3.8) is 0 Å². The van der Waals surface area contributed by atoms with Crippen LogP contribution in [-0.4, -0.2) is 41.3 Å². The molecule has 0 amide bonds. The van der Waals surface area contributed by atoms with Gasteiger partial charge in [-0.3, -0.25) is 0 Å². The molecule has 1 aliphatic carbocycles. The molecule has 3 aromatic heterocycles. The van der Waals surface area contributed by atoms with E-state index in [9.17, 15) is 15.0 Å². The first-order valence-electron chi connectivity index (χ1n) is 8.95. The largest absolute Gasteiger partial charge is 0.477 e. The minimum Gasteiger partial charge on any atom is -0.477 e. The fourth-order valence-electron chi connectivity index (χ4n) is 3.64. The topological polar surface area (TPSA) is 113 Å². The van der Waals surface area contributed by atoms with E-state index in [1.165, 1.54) is 0 Å². The molecule has 0 unspecified atom stereocenters. The first-order chi connectivity index (χ1) is 12.9. The third-order valence-electron chi connectivity index (χ3n) is 5.10. The maximum Gasteiger partial charge on any atom is 0.352 e. The Morgan fingerprint density at radius 3 is 2.74 bits per heavy atom. The zero-order chi connectivity index (χ0) is 19.0. The predicted octanol–water partition coefficient (Wildman–Crippen LogP) is 3.13. The van der Waals surface area contributed by atoms with Crippen LogP contribution in [0.25, 0.3) is 11.0 Å². The van der Waals surface area contributed by atoms with Gasteiger partial charge in [0.2, 0.25) is 5.95 Å². The summed E-state index contributed by atoms with van der Waals surface area (Å²) in [5.74, 6) is -0.0213. The number of pyridine rings is 1. The van der Waals surface area contributed by atoms with Crippen molar-refractivity contribution in [2.24, 2.45) is 0 Å². The first-order valence-corrected chi connectivity index (χ1v) is 8.95. The molecule has 1 fully saturated rings. The van der Waals surface area contributed by atoms with Crippen LogP contribution in [-0.2, 0) is 0 Å². The van der Waals surface area contributed by atoms with Crippen LogP contribution in [0.4, 0.5) is 11.8 Å². The number of nitrogens with zero attached hydrogens (tertiary/aromatic N) is 4. The molecule has 4 rings (SSSR count). The molecule has 0 radical (unpaired) electrons. The Balaban J connectivity index is 1.74. The Kier molecular flexibility index (Phi) is 4.27. The van der Waals surface area contributed by atoms with Gasteiger partial charge in [0, 0.05) is 23.8 Å². The summed E-state index contributed by atoms with van der Waals surface area (Å²) in [6, 6.07) is 7.06. The van der Waals surface area contributed by atoms with Crippen LogP contribution in [0.2, 0.25) is 0 Å². The second-order valence-electron chi connectivity index (χ2n) is 7.25. The van der Waals surface area contributed by atoms with Crippen molar-refractivity contribution < 1.29 is 15.0 Å². The highest BCUT2D eigenvalue weighted by Crippen LogP contribution is 2.37. The molecule has 1 aliphatic rings. The average molecular weight is 367 g/mol. The summed E-state index contributed by atoms with van der Waals surface area (Å²) in [4.78, 5) is 24.8. The van der Waals surface area contributed by atoms with Gasteiger partial charge in [0.15, 0.2) is 0 Å². The van der Waals surface area contributed by atoms with E-state index in [0.717, 1.165) is 0 Å². The second-order valence-corrected chi connectivity index (χ2v) is 7.25. The standard InChI is InChI=1S/C19H21N5O3/c1-19(27)7-5-13(6-8-19)24-14(17(25)26)10-12-11-21-18(23-16(12)24)22-15-4-2-3-9-20-15/h2-4,9-11,13,27H,5-8H2,1H3,(H,25,26)(H,20,21,22,23). The maximum absolute atomic E-state index is 11.8. The first kappa shape index (κ1) is 17.4. The van der Waals surface area contributed by atoms with Crippen LogP contribution in [0.5, 0.6) is 0 Å². The van der Waals surface area contributed by atoms with Crippen LogP contribution in [0.1, 0.15) is 49.1 Å². The highest BCUT2D eigenvalue weighted by atomic mass is 16.4. The minimum absolute atomic E-state index is 0.0218. The summed E-state index contributed by atoms with van der Waals surface area (Å²) >= 11 is 0. The van der Waals surface area contributed by atoms with Crippen molar-refractivity contribution in [2.75, 3.05) is 5.32 Å². The van der Waals surface area contributed by atoms with Crippen LogP contribution in [0.3, 0.4) is 0 Å². The summed E-state index contributed by atoms with van der Waals surface area (Å²) in [5.41, 5.74) is 0.0805. The SMILES string of the molecule is CC1(O)CCC(n2c(C(=O)O)cc3cnc(Nc4ccccn4)nc32)CC1. The Hall–Kier alpha value is -3.00. The zero-order valence-electron chi connectivity index (χ0n) is 15.0. The van der Waals surface area contributed by atoms with Crippen molar-refractivity contribution >= 4 is 28.8 Å². The van der Waals surface area contributed by atoms with E-state index in [4.69, 9.17) is 0 Å². The van der Waals surface area contributed by atoms with E-state index in [1.54, 1.807) is 29.1 Å². The third kappa shape index (κ3) is 3.48. The molecule has 0 saturated heterocycles. The quantitative estimate of drug-likeness (QED) is 0.649. The number of aromatic nitrogens is 4. The van der Waals surface area contributed by atoms with Crippen molar-refractivity contribution in [1.29, 1.82) is 0 Å². The lowest BCUT2D eigenvalue weighted by Crippen LogP contribution is -2.32. The lowest BCUT2D eigenvalue weighted by atomic mass is 9.83. The Morgan fingerprint density at radius 1 is 1.30 bits per heavy atom. The highest BCUT2D eigenvalue weighted by molar-refractivity contribution is 5.93. The number of carbonyl (C=O) groups is 1. The molecule has 0 spiro atoms. The average Bonchev–Trinajstić information content (AvgIpc) is 3.02. The summed E-state index contributed by atoms with van der Waals surface area (Å²) in [7, 11) is 0. The number of hydrogen-bond donors (Lipinski definition) is 3. The van der Waals surface area contributed by atoms with Gasteiger partial charge in [0.25, 0.3) is 0 Å². The molecule has 27 heavy (non-hydrogen) atoms. The molecular formula is C19H21N5O3. The zero-order valence-corrected chi connectivity index (χ0v) is 15.0. The van der Waals surface area contributed by atoms with Gasteiger partial charge >= 0.3 is 5.97 Å². The summed E-state index contributed by atoms with van der Waals surface area (Å²) in [6.45, 7) is 1.83. The van der Waals surface area contributed by atoms with Crippen molar-refractivity contribution in [1.82, 2.24) is 19.5 Å². The van der Waals surface area contributed by atoms with Crippen LogP contribution in [0.15, 0.2) is 36.7 Å². The van der Waals surface area contributed by atoms with Gasteiger partial charge in [-0.1, -0.05) is 6.07 Å². The highest BCUT2D eigenvalue weighted by Gasteiger charge is 2.32. The van der Waals surface area contributed by atoms with E-state index < -0.39 is 11.6 Å². The fraction of sp³-hybridized carbons (Fsp3) is 0.368. The number of carboxylic acids is 1. The van der Waals surface area contributed by atoms with Gasteiger partial charge in [0.05, 0.1) is 5.60 Å². The number of carboxylic acid groups (broad SMARTS) is 1. The molecule has 8 nitrogen and oxygen atoms in total.